The van der Waals surface area contributed by atoms with Crippen LogP contribution >= 0.6 is 27.3 Å². The summed E-state index contributed by atoms with van der Waals surface area (Å²) in [6.07, 6.45) is 0. The Balaban J connectivity index is 1.93. The summed E-state index contributed by atoms with van der Waals surface area (Å²) in [7, 11) is 0. The largest absolute Gasteiger partial charge is 0.308 e. The van der Waals surface area contributed by atoms with E-state index in [1.165, 1.54) is 11.3 Å². The molecule has 26 heavy (non-hydrogen) atoms. The fourth-order valence-electron chi connectivity index (χ4n) is 3.50. The van der Waals surface area contributed by atoms with Crippen LogP contribution in [0.4, 0.5) is 5.69 Å². The Labute approximate surface area is 160 Å². The predicted molar refractivity (Wildman–Crippen MR) is 107 cm³/mol. The van der Waals surface area contributed by atoms with E-state index in [1.54, 1.807) is 9.30 Å². The van der Waals surface area contributed by atoms with Crippen molar-refractivity contribution in [1.29, 1.82) is 0 Å². The molecule has 3 heterocycles. The lowest BCUT2D eigenvalue weighted by atomic mass is 10.1. The number of carbonyl (C=O) groups excluding carboxylic acids is 1. The number of halogens is 1. The van der Waals surface area contributed by atoms with Gasteiger partial charge in [0.15, 0.2) is 4.96 Å². The summed E-state index contributed by atoms with van der Waals surface area (Å²) in [5.41, 5.74) is 3.45. The molecule has 0 saturated carbocycles. The number of nitrogens with zero attached hydrogens (tertiary/aromatic N) is 3. The van der Waals surface area contributed by atoms with Crippen LogP contribution in [0.2, 0.25) is 0 Å². The maximum atomic E-state index is 13.2. The highest BCUT2D eigenvalue weighted by atomic mass is 79.9. The molecule has 2 aromatic carbocycles. The number of para-hydroxylation sites is 2. The first kappa shape index (κ1) is 15.7. The molecule has 5 rings (SSSR count). The van der Waals surface area contributed by atoms with Crippen molar-refractivity contribution in [2.45, 2.75) is 6.92 Å². The first-order chi connectivity index (χ1) is 12.6. The van der Waals surface area contributed by atoms with Gasteiger partial charge in [0.25, 0.3) is 11.5 Å². The van der Waals surface area contributed by atoms with Gasteiger partial charge in [-0.15, -0.1) is 0 Å². The number of carbonyl (C=O) groups is 1. The molecule has 0 spiro atoms. The van der Waals surface area contributed by atoms with E-state index < -0.39 is 0 Å². The first-order valence-electron chi connectivity index (χ1n) is 8.16. The van der Waals surface area contributed by atoms with Crippen LogP contribution in [-0.4, -0.2) is 21.8 Å². The number of anilines is 1. The third-order valence-corrected chi connectivity index (χ3v) is 6.17. The van der Waals surface area contributed by atoms with Crippen LogP contribution in [0.5, 0.6) is 0 Å². The highest BCUT2D eigenvalue weighted by Crippen LogP contribution is 2.37. The molecule has 5 nitrogen and oxygen atoms in total. The summed E-state index contributed by atoms with van der Waals surface area (Å²) in [6, 6.07) is 13.2. The van der Waals surface area contributed by atoms with Crippen molar-refractivity contribution in [3.8, 4) is 0 Å². The van der Waals surface area contributed by atoms with Gasteiger partial charge in [0, 0.05) is 16.6 Å². The molecule has 0 atom stereocenters. The maximum absolute atomic E-state index is 13.2. The molecule has 0 aliphatic carbocycles. The van der Waals surface area contributed by atoms with Crippen LogP contribution in [0.3, 0.4) is 0 Å². The second-order valence-electron chi connectivity index (χ2n) is 6.04. The van der Waals surface area contributed by atoms with Crippen molar-refractivity contribution in [3.05, 3.63) is 67.4 Å². The molecule has 128 valence electrons. The van der Waals surface area contributed by atoms with E-state index in [0.717, 1.165) is 26.8 Å². The zero-order valence-electron chi connectivity index (χ0n) is 13.7. The Hall–Kier alpha value is -2.51. The minimum atomic E-state index is -0.189. The minimum absolute atomic E-state index is 0.133. The van der Waals surface area contributed by atoms with Gasteiger partial charge in [-0.2, -0.15) is 0 Å². The Kier molecular flexibility index (Phi) is 3.32. The van der Waals surface area contributed by atoms with Crippen molar-refractivity contribution in [3.63, 3.8) is 0 Å². The molecule has 2 aromatic heterocycles. The number of rotatable bonds is 1. The highest BCUT2D eigenvalue weighted by Gasteiger charge is 2.33. The summed E-state index contributed by atoms with van der Waals surface area (Å²) in [5, 5.41) is 0. The van der Waals surface area contributed by atoms with E-state index in [4.69, 9.17) is 0 Å². The number of hydrogen-bond acceptors (Lipinski definition) is 4. The molecule has 0 unspecified atom stereocenters. The molecule has 0 fully saturated rings. The normalized spacial score (nSPS) is 16.1. The van der Waals surface area contributed by atoms with Gasteiger partial charge in [-0.25, -0.2) is 9.38 Å². The van der Waals surface area contributed by atoms with Gasteiger partial charge in [-0.1, -0.05) is 39.4 Å². The van der Waals surface area contributed by atoms with Crippen molar-refractivity contribution in [1.82, 2.24) is 9.38 Å². The van der Waals surface area contributed by atoms with Gasteiger partial charge in [0.1, 0.15) is 4.53 Å². The quantitative estimate of drug-likeness (QED) is 0.471. The number of amides is 1. The molecule has 0 bridgehead atoms. The Bertz CT molecular complexity index is 1340. The zero-order valence-corrected chi connectivity index (χ0v) is 16.1. The van der Waals surface area contributed by atoms with Gasteiger partial charge >= 0.3 is 0 Å². The smallest absolute Gasteiger partial charge is 0.275 e. The van der Waals surface area contributed by atoms with Gasteiger partial charge in [-0.3, -0.25) is 9.59 Å². The molecule has 1 aliphatic rings. The van der Waals surface area contributed by atoms with Crippen molar-refractivity contribution < 1.29 is 4.79 Å². The molecule has 1 aliphatic heterocycles. The molecule has 0 saturated heterocycles. The second-order valence-corrected chi connectivity index (χ2v) is 7.93. The van der Waals surface area contributed by atoms with Gasteiger partial charge in [0.2, 0.25) is 0 Å². The first-order valence-corrected chi connectivity index (χ1v) is 9.77. The topological polar surface area (TPSA) is 54.7 Å². The number of imidazole rings is 1. The SMILES string of the molecule is CCN1C(=O)C(=c2sc3nc4ccccc4n3c2=O)c2cc(Br)ccc21. The molecular formula is C19H12BrN3O2S. The summed E-state index contributed by atoms with van der Waals surface area (Å²) < 4.78 is 2.92. The lowest BCUT2D eigenvalue weighted by molar-refractivity contribution is -0.113. The average molecular weight is 426 g/mol. The Morgan fingerprint density at radius 3 is 2.77 bits per heavy atom. The third kappa shape index (κ3) is 1.98. The molecule has 4 aromatic rings. The minimum Gasteiger partial charge on any atom is -0.308 e. The van der Waals surface area contributed by atoms with Gasteiger partial charge < -0.3 is 4.90 Å². The van der Waals surface area contributed by atoms with Crippen LogP contribution in [0, 0.1) is 0 Å². The third-order valence-electron chi connectivity index (χ3n) is 4.64. The Morgan fingerprint density at radius 2 is 1.96 bits per heavy atom. The number of benzene rings is 2. The van der Waals surface area contributed by atoms with Crippen molar-refractivity contribution in [2.75, 3.05) is 11.4 Å². The standard InChI is InChI=1S/C19H12BrN3O2S/c1-2-22-13-8-7-10(20)9-11(13)15(17(22)24)16-18(25)23-14-6-4-3-5-12(14)21-19(23)26-16/h3-9H,2H2,1H3. The molecule has 0 N–H and O–H groups in total. The van der Waals surface area contributed by atoms with Crippen LogP contribution in [0.1, 0.15) is 12.5 Å². The van der Waals surface area contributed by atoms with Gasteiger partial charge in [0.05, 0.1) is 22.3 Å². The summed E-state index contributed by atoms with van der Waals surface area (Å²) in [4.78, 5) is 33.0. The average Bonchev–Trinajstić information content (AvgIpc) is 3.23. The van der Waals surface area contributed by atoms with E-state index >= 15 is 0 Å². The van der Waals surface area contributed by atoms with E-state index in [2.05, 4.69) is 20.9 Å². The van der Waals surface area contributed by atoms with E-state index in [0.29, 0.717) is 21.6 Å². The summed E-state index contributed by atoms with van der Waals surface area (Å²) in [5.74, 6) is -0.133. The van der Waals surface area contributed by atoms with E-state index in [1.807, 2.05) is 49.4 Å². The van der Waals surface area contributed by atoms with Crippen LogP contribution in [0.15, 0.2) is 51.7 Å². The van der Waals surface area contributed by atoms with Crippen LogP contribution in [-0.2, 0) is 4.79 Å². The second kappa shape index (κ2) is 5.49. The number of fused-ring (bicyclic) bond motifs is 4. The number of hydrogen-bond donors (Lipinski definition) is 0. The molecule has 1 amide bonds. The molecule has 0 radical (unpaired) electrons. The number of aromatic nitrogens is 2. The van der Waals surface area contributed by atoms with Crippen LogP contribution in [0.25, 0.3) is 21.6 Å². The number of thiazole rings is 1. The molecule has 7 heteroatoms. The fourth-order valence-corrected chi connectivity index (χ4v) is 4.94. The lowest BCUT2D eigenvalue weighted by Gasteiger charge is -2.13. The summed E-state index contributed by atoms with van der Waals surface area (Å²) in [6.45, 7) is 2.48. The van der Waals surface area contributed by atoms with Crippen molar-refractivity contribution >= 4 is 60.4 Å². The zero-order chi connectivity index (χ0) is 18.0. The van der Waals surface area contributed by atoms with Crippen molar-refractivity contribution in [2.24, 2.45) is 0 Å². The summed E-state index contributed by atoms with van der Waals surface area (Å²) >= 11 is 4.74. The predicted octanol–water partition coefficient (Wildman–Crippen LogP) is 2.96. The Morgan fingerprint density at radius 1 is 1.15 bits per heavy atom. The highest BCUT2D eigenvalue weighted by molar-refractivity contribution is 9.10. The number of likely N-dealkylation sites (N-methyl/N-ethyl adjacent to an activating group) is 1. The lowest BCUT2D eigenvalue weighted by Crippen LogP contribution is -2.32. The molecular weight excluding hydrogens is 414 g/mol. The van der Waals surface area contributed by atoms with Gasteiger partial charge in [-0.05, 0) is 37.3 Å². The fraction of sp³-hybridized carbons (Fsp3) is 0.105. The van der Waals surface area contributed by atoms with E-state index in [9.17, 15) is 9.59 Å². The maximum Gasteiger partial charge on any atom is 0.275 e. The van der Waals surface area contributed by atoms with Crippen LogP contribution < -0.4 is 15.0 Å². The monoisotopic (exact) mass is 425 g/mol. The van der Waals surface area contributed by atoms with E-state index in [-0.39, 0.29) is 11.5 Å².